The number of hydrogen-bond donors (Lipinski definition) is 1. The number of rotatable bonds is 6. The minimum absolute atomic E-state index is 0.0596. The molecule has 0 fully saturated rings. The highest BCUT2D eigenvalue weighted by Crippen LogP contribution is 2.37. The fraction of sp³-hybridized carbons (Fsp3) is 0.292. The van der Waals surface area contributed by atoms with Crippen LogP contribution in [0, 0.1) is 32.1 Å². The maximum absolute atomic E-state index is 12.4. The van der Waals surface area contributed by atoms with Crippen molar-refractivity contribution in [2.45, 2.75) is 39.5 Å². The Morgan fingerprint density at radius 1 is 1.17 bits per heavy atom. The quantitative estimate of drug-likeness (QED) is 0.770. The first-order valence-electron chi connectivity index (χ1n) is 9.59. The van der Waals surface area contributed by atoms with Crippen LogP contribution in [0.5, 0.6) is 0 Å². The van der Waals surface area contributed by atoms with Crippen LogP contribution >= 0.6 is 11.8 Å². The first-order chi connectivity index (χ1) is 13.9. The zero-order chi connectivity index (χ0) is 21.0. The highest BCUT2D eigenvalue weighted by Gasteiger charge is 2.30. The number of hydrogen-bond acceptors (Lipinski definition) is 4. The summed E-state index contributed by atoms with van der Waals surface area (Å²) >= 11 is 1.25. The Balaban J connectivity index is 1.81. The second-order valence-corrected chi connectivity index (χ2v) is 8.41. The molecule has 5 heteroatoms. The van der Waals surface area contributed by atoms with Gasteiger partial charge in [0.2, 0.25) is 5.91 Å². The first-order valence-corrected chi connectivity index (χ1v) is 10.6. The monoisotopic (exact) mass is 404 g/mol. The highest BCUT2D eigenvalue weighted by atomic mass is 32.2. The van der Waals surface area contributed by atoms with Crippen molar-refractivity contribution < 1.29 is 9.59 Å². The number of nitriles is 1. The molecule has 29 heavy (non-hydrogen) atoms. The average Bonchev–Trinajstić information content (AvgIpc) is 2.70. The van der Waals surface area contributed by atoms with Gasteiger partial charge in [0.25, 0.3) is 0 Å². The lowest BCUT2D eigenvalue weighted by atomic mass is 9.84. The third-order valence-corrected chi connectivity index (χ3v) is 6.41. The SMILES string of the molecule is Cc1cc(C2CC(=O)NC(SCC(=O)Cc3ccccc3)=C2C#N)cc(C)c1C. The normalized spacial score (nSPS) is 16.3. The molecule has 1 aliphatic heterocycles. The van der Waals surface area contributed by atoms with E-state index in [4.69, 9.17) is 0 Å². The fourth-order valence-corrected chi connectivity index (χ4v) is 4.45. The van der Waals surface area contributed by atoms with E-state index in [0.717, 1.165) is 22.3 Å². The van der Waals surface area contributed by atoms with Crippen LogP contribution in [0.2, 0.25) is 0 Å². The number of carbonyl (C=O) groups excluding carboxylic acids is 2. The van der Waals surface area contributed by atoms with E-state index in [-0.39, 0.29) is 29.8 Å². The lowest BCUT2D eigenvalue weighted by Gasteiger charge is -2.26. The standard InChI is InChI=1S/C24H24N2O2S/c1-15-9-19(10-16(2)17(15)3)21-12-23(28)26-24(22(21)13-25)29-14-20(27)11-18-7-5-4-6-8-18/h4-10,21H,11-12,14H2,1-3H3,(H,26,28). The number of ketones is 1. The van der Waals surface area contributed by atoms with Crippen LogP contribution < -0.4 is 5.32 Å². The summed E-state index contributed by atoms with van der Waals surface area (Å²) in [6, 6.07) is 16.0. The predicted molar refractivity (Wildman–Crippen MR) is 116 cm³/mol. The molecule has 2 aromatic carbocycles. The van der Waals surface area contributed by atoms with Gasteiger partial charge in [0.1, 0.15) is 5.78 Å². The maximum atomic E-state index is 12.4. The molecule has 0 saturated heterocycles. The Kier molecular flexibility index (Phi) is 6.56. The Labute approximate surface area is 176 Å². The molecule has 0 aliphatic carbocycles. The maximum Gasteiger partial charge on any atom is 0.225 e. The molecule has 2 aromatic rings. The van der Waals surface area contributed by atoms with Gasteiger partial charge in [-0.3, -0.25) is 9.59 Å². The van der Waals surface area contributed by atoms with Crippen LogP contribution in [0.25, 0.3) is 0 Å². The van der Waals surface area contributed by atoms with Gasteiger partial charge in [-0.05, 0) is 48.6 Å². The fourth-order valence-electron chi connectivity index (χ4n) is 3.52. The van der Waals surface area contributed by atoms with Crippen molar-refractivity contribution >= 4 is 23.5 Å². The van der Waals surface area contributed by atoms with Crippen molar-refractivity contribution in [1.82, 2.24) is 5.32 Å². The van der Waals surface area contributed by atoms with Crippen LogP contribution in [0.15, 0.2) is 53.1 Å². The van der Waals surface area contributed by atoms with Gasteiger partial charge in [-0.2, -0.15) is 5.26 Å². The number of aryl methyl sites for hydroxylation is 2. The smallest absolute Gasteiger partial charge is 0.225 e. The molecule has 148 valence electrons. The van der Waals surface area contributed by atoms with Gasteiger partial charge < -0.3 is 5.32 Å². The Morgan fingerprint density at radius 2 is 1.83 bits per heavy atom. The number of Topliss-reactive ketones (excluding diaryl/α,β-unsaturated/α-hetero) is 1. The molecule has 4 nitrogen and oxygen atoms in total. The summed E-state index contributed by atoms with van der Waals surface area (Å²) < 4.78 is 0. The molecule has 1 aliphatic rings. The number of nitrogens with one attached hydrogen (secondary N) is 1. The number of benzene rings is 2. The Hall–Kier alpha value is -2.84. The van der Waals surface area contributed by atoms with Crippen LogP contribution in [0.4, 0.5) is 0 Å². The summed E-state index contributed by atoms with van der Waals surface area (Å²) in [5.41, 5.74) is 5.99. The van der Waals surface area contributed by atoms with Crippen LogP contribution in [-0.4, -0.2) is 17.4 Å². The molecule has 0 radical (unpaired) electrons. The van der Waals surface area contributed by atoms with Gasteiger partial charge in [0, 0.05) is 18.8 Å². The van der Waals surface area contributed by atoms with E-state index < -0.39 is 0 Å². The lowest BCUT2D eigenvalue weighted by molar-refractivity contribution is -0.121. The van der Waals surface area contributed by atoms with Crippen LogP contribution in [0.1, 0.15) is 40.2 Å². The number of thioether (sulfide) groups is 1. The average molecular weight is 405 g/mol. The van der Waals surface area contributed by atoms with E-state index in [9.17, 15) is 14.9 Å². The van der Waals surface area contributed by atoms with Gasteiger partial charge >= 0.3 is 0 Å². The second-order valence-electron chi connectivity index (χ2n) is 7.43. The molecule has 1 amide bonds. The third kappa shape index (κ3) is 4.96. The molecule has 1 N–H and O–H groups in total. The summed E-state index contributed by atoms with van der Waals surface area (Å²) in [7, 11) is 0. The molecule has 1 unspecified atom stereocenters. The highest BCUT2D eigenvalue weighted by molar-refractivity contribution is 8.03. The van der Waals surface area contributed by atoms with Crippen molar-refractivity contribution in [1.29, 1.82) is 5.26 Å². The number of nitrogens with zero attached hydrogens (tertiary/aromatic N) is 1. The van der Waals surface area contributed by atoms with Crippen molar-refractivity contribution in [3.63, 3.8) is 0 Å². The Morgan fingerprint density at radius 3 is 2.45 bits per heavy atom. The zero-order valence-electron chi connectivity index (χ0n) is 16.9. The summed E-state index contributed by atoms with van der Waals surface area (Å²) in [5.74, 6) is -0.125. The van der Waals surface area contributed by atoms with Crippen LogP contribution in [0.3, 0.4) is 0 Å². The minimum atomic E-state index is -0.279. The predicted octanol–water partition coefficient (Wildman–Crippen LogP) is 4.50. The number of allylic oxidation sites excluding steroid dienone is 1. The minimum Gasteiger partial charge on any atom is -0.320 e. The first kappa shape index (κ1) is 20.9. The number of amides is 1. The summed E-state index contributed by atoms with van der Waals surface area (Å²) in [5, 5.41) is 13.1. The van der Waals surface area contributed by atoms with Gasteiger partial charge in [-0.15, -0.1) is 0 Å². The molecule has 0 saturated carbocycles. The van der Waals surface area contributed by atoms with Crippen molar-refractivity contribution in [2.75, 3.05) is 5.75 Å². The van der Waals surface area contributed by atoms with Gasteiger partial charge in [0.15, 0.2) is 0 Å². The molecule has 0 aromatic heterocycles. The molecular weight excluding hydrogens is 380 g/mol. The molecule has 1 atom stereocenters. The summed E-state index contributed by atoms with van der Waals surface area (Å²) in [4.78, 5) is 24.7. The molecule has 1 heterocycles. The van der Waals surface area contributed by atoms with Crippen molar-refractivity contribution in [3.05, 3.63) is 80.9 Å². The topological polar surface area (TPSA) is 70.0 Å². The van der Waals surface area contributed by atoms with E-state index in [0.29, 0.717) is 17.0 Å². The Bertz CT molecular complexity index is 996. The van der Waals surface area contributed by atoms with Gasteiger partial charge in [-0.25, -0.2) is 0 Å². The second kappa shape index (κ2) is 9.11. The largest absolute Gasteiger partial charge is 0.320 e. The van der Waals surface area contributed by atoms with E-state index in [2.05, 4.69) is 30.4 Å². The van der Waals surface area contributed by atoms with E-state index >= 15 is 0 Å². The van der Waals surface area contributed by atoms with Crippen LogP contribution in [-0.2, 0) is 16.0 Å². The van der Waals surface area contributed by atoms with Crippen molar-refractivity contribution in [2.24, 2.45) is 0 Å². The summed E-state index contributed by atoms with van der Waals surface area (Å²) in [6.45, 7) is 6.16. The summed E-state index contributed by atoms with van der Waals surface area (Å²) in [6.07, 6.45) is 0.587. The molecule has 0 bridgehead atoms. The van der Waals surface area contributed by atoms with Gasteiger partial charge in [0.05, 0.1) is 22.4 Å². The van der Waals surface area contributed by atoms with E-state index in [1.807, 2.05) is 44.2 Å². The zero-order valence-corrected chi connectivity index (χ0v) is 17.7. The van der Waals surface area contributed by atoms with Gasteiger partial charge in [-0.1, -0.05) is 54.2 Å². The molecule has 3 rings (SSSR count). The van der Waals surface area contributed by atoms with E-state index in [1.165, 1.54) is 17.3 Å². The van der Waals surface area contributed by atoms with E-state index in [1.54, 1.807) is 0 Å². The number of carbonyl (C=O) groups is 2. The molecular formula is C24H24N2O2S. The third-order valence-electron chi connectivity index (χ3n) is 5.33. The van der Waals surface area contributed by atoms with Crippen molar-refractivity contribution in [3.8, 4) is 6.07 Å². The molecule has 0 spiro atoms. The lowest BCUT2D eigenvalue weighted by Crippen LogP contribution is -2.31.